The van der Waals surface area contributed by atoms with Gasteiger partial charge in [-0.25, -0.2) is 0 Å². The molecule has 20 heavy (non-hydrogen) atoms. The number of carbonyl (C=O) groups excluding carboxylic acids is 1. The standard InChI is InChI=1S/C15H13BrClNOS/c16-12-5-3-6-13(8-12)18-15(19)10-20-9-11-4-1-2-7-14(11)17/h1-8H,9-10H2,(H,18,19). The lowest BCUT2D eigenvalue weighted by molar-refractivity contribution is -0.113. The van der Waals surface area contributed by atoms with E-state index in [2.05, 4.69) is 21.2 Å². The zero-order chi connectivity index (χ0) is 14.4. The van der Waals surface area contributed by atoms with Gasteiger partial charge in [0.25, 0.3) is 0 Å². The number of amides is 1. The first-order valence-corrected chi connectivity index (χ1v) is 8.34. The number of anilines is 1. The number of carbonyl (C=O) groups is 1. The van der Waals surface area contributed by atoms with Gasteiger partial charge in [0.15, 0.2) is 0 Å². The fraction of sp³-hybridized carbons (Fsp3) is 0.133. The van der Waals surface area contributed by atoms with Crippen molar-refractivity contribution in [1.82, 2.24) is 0 Å². The Morgan fingerprint density at radius 1 is 1.20 bits per heavy atom. The van der Waals surface area contributed by atoms with Crippen LogP contribution in [0.25, 0.3) is 0 Å². The maximum absolute atomic E-state index is 11.8. The summed E-state index contributed by atoms with van der Waals surface area (Å²) in [4.78, 5) is 11.8. The summed E-state index contributed by atoms with van der Waals surface area (Å²) in [5, 5.41) is 3.60. The lowest BCUT2D eigenvalue weighted by atomic mass is 10.2. The minimum Gasteiger partial charge on any atom is -0.325 e. The average Bonchev–Trinajstić information content (AvgIpc) is 2.41. The molecule has 0 atom stereocenters. The third-order valence-electron chi connectivity index (χ3n) is 2.56. The Balaban J connectivity index is 1.80. The Kier molecular flexibility index (Phi) is 5.95. The van der Waals surface area contributed by atoms with Gasteiger partial charge in [0.1, 0.15) is 0 Å². The van der Waals surface area contributed by atoms with Gasteiger partial charge < -0.3 is 5.32 Å². The van der Waals surface area contributed by atoms with Crippen LogP contribution in [0.5, 0.6) is 0 Å². The fourth-order valence-corrected chi connectivity index (χ4v) is 3.14. The van der Waals surface area contributed by atoms with Crippen molar-refractivity contribution in [2.45, 2.75) is 5.75 Å². The molecule has 0 spiro atoms. The Hall–Kier alpha value is -0.970. The normalized spacial score (nSPS) is 10.3. The quantitative estimate of drug-likeness (QED) is 0.804. The van der Waals surface area contributed by atoms with E-state index in [9.17, 15) is 4.79 Å². The molecule has 0 bridgehead atoms. The van der Waals surface area contributed by atoms with E-state index < -0.39 is 0 Å². The van der Waals surface area contributed by atoms with Crippen molar-refractivity contribution in [1.29, 1.82) is 0 Å². The molecule has 2 rings (SSSR count). The topological polar surface area (TPSA) is 29.1 Å². The molecule has 0 saturated carbocycles. The molecule has 0 saturated heterocycles. The number of hydrogen-bond acceptors (Lipinski definition) is 2. The number of thioether (sulfide) groups is 1. The molecule has 0 fully saturated rings. The highest BCUT2D eigenvalue weighted by molar-refractivity contribution is 9.10. The highest BCUT2D eigenvalue weighted by Gasteiger charge is 2.04. The van der Waals surface area contributed by atoms with Gasteiger partial charge >= 0.3 is 0 Å². The van der Waals surface area contributed by atoms with Gasteiger partial charge in [0.2, 0.25) is 5.91 Å². The molecular weight excluding hydrogens is 358 g/mol. The van der Waals surface area contributed by atoms with Gasteiger partial charge in [-0.15, -0.1) is 11.8 Å². The molecule has 0 heterocycles. The van der Waals surface area contributed by atoms with Gasteiger partial charge in [-0.2, -0.15) is 0 Å². The van der Waals surface area contributed by atoms with Crippen LogP contribution in [0.3, 0.4) is 0 Å². The summed E-state index contributed by atoms with van der Waals surface area (Å²) in [6, 6.07) is 15.2. The molecule has 2 nitrogen and oxygen atoms in total. The first kappa shape index (κ1) is 15.4. The van der Waals surface area contributed by atoms with E-state index in [0.29, 0.717) is 5.75 Å². The highest BCUT2D eigenvalue weighted by Crippen LogP contribution is 2.21. The van der Waals surface area contributed by atoms with Crippen molar-refractivity contribution in [3.05, 3.63) is 63.6 Å². The van der Waals surface area contributed by atoms with Crippen LogP contribution in [-0.2, 0) is 10.5 Å². The zero-order valence-electron chi connectivity index (χ0n) is 10.6. The summed E-state index contributed by atoms with van der Waals surface area (Å²) in [6.07, 6.45) is 0. The molecule has 0 radical (unpaired) electrons. The van der Waals surface area contributed by atoms with Crippen molar-refractivity contribution >= 4 is 50.9 Å². The Bertz CT molecular complexity index is 606. The largest absolute Gasteiger partial charge is 0.325 e. The van der Waals surface area contributed by atoms with Crippen molar-refractivity contribution < 1.29 is 4.79 Å². The molecule has 1 amide bonds. The third kappa shape index (κ3) is 4.85. The van der Waals surface area contributed by atoms with Gasteiger partial charge in [0, 0.05) is 20.9 Å². The second-order valence-electron chi connectivity index (χ2n) is 4.14. The molecule has 5 heteroatoms. The van der Waals surface area contributed by atoms with E-state index in [1.165, 1.54) is 0 Å². The second-order valence-corrected chi connectivity index (χ2v) is 6.45. The third-order valence-corrected chi connectivity index (χ3v) is 4.40. The molecule has 0 aliphatic rings. The van der Waals surface area contributed by atoms with E-state index in [0.717, 1.165) is 26.5 Å². The molecule has 0 aromatic heterocycles. The van der Waals surface area contributed by atoms with E-state index in [1.807, 2.05) is 48.5 Å². The molecule has 1 N–H and O–H groups in total. The zero-order valence-corrected chi connectivity index (χ0v) is 13.8. The summed E-state index contributed by atoms with van der Waals surface area (Å²) in [5.41, 5.74) is 1.84. The maximum atomic E-state index is 11.8. The number of halogens is 2. The van der Waals surface area contributed by atoms with Crippen LogP contribution in [0.1, 0.15) is 5.56 Å². The summed E-state index contributed by atoms with van der Waals surface area (Å²) >= 11 is 11.0. The van der Waals surface area contributed by atoms with E-state index >= 15 is 0 Å². The van der Waals surface area contributed by atoms with Crippen molar-refractivity contribution in [2.75, 3.05) is 11.1 Å². The number of rotatable bonds is 5. The first-order chi connectivity index (χ1) is 9.65. The van der Waals surface area contributed by atoms with E-state index in [4.69, 9.17) is 11.6 Å². The molecule has 0 unspecified atom stereocenters. The van der Waals surface area contributed by atoms with Crippen LogP contribution >= 0.6 is 39.3 Å². The van der Waals surface area contributed by atoms with Crippen LogP contribution in [-0.4, -0.2) is 11.7 Å². The molecular formula is C15H13BrClNOS. The molecule has 2 aromatic rings. The molecule has 2 aromatic carbocycles. The van der Waals surface area contributed by atoms with E-state index in [1.54, 1.807) is 11.8 Å². The van der Waals surface area contributed by atoms with Crippen molar-refractivity contribution in [3.63, 3.8) is 0 Å². The second kappa shape index (κ2) is 7.72. The van der Waals surface area contributed by atoms with Gasteiger partial charge in [0.05, 0.1) is 5.75 Å². The molecule has 0 aliphatic carbocycles. The lowest BCUT2D eigenvalue weighted by Crippen LogP contribution is -2.14. The SMILES string of the molecule is O=C(CSCc1ccccc1Cl)Nc1cccc(Br)c1. The van der Waals surface area contributed by atoms with Crippen LogP contribution in [0.2, 0.25) is 5.02 Å². The summed E-state index contributed by atoms with van der Waals surface area (Å²) in [5.74, 6) is 1.11. The summed E-state index contributed by atoms with van der Waals surface area (Å²) < 4.78 is 0.944. The summed E-state index contributed by atoms with van der Waals surface area (Å²) in [7, 11) is 0. The predicted molar refractivity (Wildman–Crippen MR) is 90.4 cm³/mol. The highest BCUT2D eigenvalue weighted by atomic mass is 79.9. The van der Waals surface area contributed by atoms with Crippen LogP contribution in [0.15, 0.2) is 53.0 Å². The monoisotopic (exact) mass is 369 g/mol. The summed E-state index contributed by atoms with van der Waals surface area (Å²) in [6.45, 7) is 0. The van der Waals surface area contributed by atoms with Crippen molar-refractivity contribution in [3.8, 4) is 0 Å². The Labute approximate surface area is 136 Å². The van der Waals surface area contributed by atoms with Crippen LogP contribution in [0, 0.1) is 0 Å². The Morgan fingerprint density at radius 3 is 2.75 bits per heavy atom. The van der Waals surface area contributed by atoms with Gasteiger partial charge in [-0.1, -0.05) is 51.8 Å². The number of benzene rings is 2. The van der Waals surface area contributed by atoms with E-state index in [-0.39, 0.29) is 5.91 Å². The number of hydrogen-bond donors (Lipinski definition) is 1. The van der Waals surface area contributed by atoms with Crippen LogP contribution < -0.4 is 5.32 Å². The van der Waals surface area contributed by atoms with Gasteiger partial charge in [-0.3, -0.25) is 4.79 Å². The fourth-order valence-electron chi connectivity index (χ4n) is 1.63. The molecule has 104 valence electrons. The maximum Gasteiger partial charge on any atom is 0.234 e. The Morgan fingerprint density at radius 2 is 2.00 bits per heavy atom. The molecule has 0 aliphatic heterocycles. The first-order valence-electron chi connectivity index (χ1n) is 6.02. The van der Waals surface area contributed by atoms with Crippen molar-refractivity contribution in [2.24, 2.45) is 0 Å². The minimum absolute atomic E-state index is 0.0137. The number of nitrogens with one attached hydrogen (secondary N) is 1. The predicted octanol–water partition coefficient (Wildman–Crippen LogP) is 4.97. The minimum atomic E-state index is -0.0137. The average molecular weight is 371 g/mol. The smallest absolute Gasteiger partial charge is 0.234 e. The lowest BCUT2D eigenvalue weighted by Gasteiger charge is -2.06. The van der Waals surface area contributed by atoms with Crippen LogP contribution in [0.4, 0.5) is 5.69 Å². The van der Waals surface area contributed by atoms with Gasteiger partial charge in [-0.05, 0) is 29.8 Å².